The highest BCUT2D eigenvalue weighted by Gasteiger charge is 2.23. The van der Waals surface area contributed by atoms with Crippen LogP contribution in [0.15, 0.2) is 51.7 Å². The van der Waals surface area contributed by atoms with Crippen molar-refractivity contribution in [2.75, 3.05) is 18.0 Å². The molecule has 28 heavy (non-hydrogen) atoms. The Morgan fingerprint density at radius 1 is 1.11 bits per heavy atom. The first kappa shape index (κ1) is 18.1. The van der Waals surface area contributed by atoms with Crippen LogP contribution in [0.3, 0.4) is 0 Å². The van der Waals surface area contributed by atoms with Crippen molar-refractivity contribution in [1.82, 2.24) is 18.7 Å². The number of imidazole rings is 1. The SMILES string of the molecule is Cn1c(=O)c2c(nc(N3CCCC=C(N)C3)n2Cc2ccccc2)n(C)c1=O. The van der Waals surface area contributed by atoms with E-state index in [1.54, 1.807) is 7.05 Å². The molecule has 8 nitrogen and oxygen atoms in total. The number of aryl methyl sites for hydroxylation is 1. The highest BCUT2D eigenvalue weighted by atomic mass is 16.2. The van der Waals surface area contributed by atoms with E-state index in [0.29, 0.717) is 30.2 Å². The molecule has 2 aromatic heterocycles. The van der Waals surface area contributed by atoms with Crippen LogP contribution in [0.25, 0.3) is 11.2 Å². The zero-order valence-electron chi connectivity index (χ0n) is 16.1. The largest absolute Gasteiger partial charge is 0.401 e. The Morgan fingerprint density at radius 2 is 1.86 bits per heavy atom. The first-order valence-electron chi connectivity index (χ1n) is 9.37. The molecule has 4 rings (SSSR count). The van der Waals surface area contributed by atoms with E-state index in [2.05, 4.69) is 4.90 Å². The van der Waals surface area contributed by atoms with Crippen molar-refractivity contribution in [2.45, 2.75) is 19.4 Å². The molecule has 0 amide bonds. The summed E-state index contributed by atoms with van der Waals surface area (Å²) in [4.78, 5) is 32.2. The number of hydrogen-bond donors (Lipinski definition) is 1. The quantitative estimate of drug-likeness (QED) is 0.730. The fraction of sp³-hybridized carbons (Fsp3) is 0.350. The third-order valence-corrected chi connectivity index (χ3v) is 5.21. The second-order valence-electron chi connectivity index (χ2n) is 7.20. The molecular weight excluding hydrogens is 356 g/mol. The lowest BCUT2D eigenvalue weighted by molar-refractivity contribution is 0.699. The molecule has 3 aromatic rings. The van der Waals surface area contributed by atoms with Crippen LogP contribution in [0, 0.1) is 0 Å². The molecule has 0 bridgehead atoms. The minimum atomic E-state index is -0.385. The Kier molecular flexibility index (Phi) is 4.54. The number of benzene rings is 1. The Hall–Kier alpha value is -3.29. The number of anilines is 1. The summed E-state index contributed by atoms with van der Waals surface area (Å²) in [6.07, 6.45) is 3.91. The first-order valence-corrected chi connectivity index (χ1v) is 9.37. The monoisotopic (exact) mass is 380 g/mol. The molecule has 0 atom stereocenters. The summed E-state index contributed by atoms with van der Waals surface area (Å²) >= 11 is 0. The zero-order chi connectivity index (χ0) is 19.8. The lowest BCUT2D eigenvalue weighted by Gasteiger charge is -2.23. The highest BCUT2D eigenvalue weighted by molar-refractivity contribution is 5.75. The standard InChI is InChI=1S/C20H24N6O2/c1-23-17-16(18(27)24(2)20(23)28)26(12-14-8-4-3-5-9-14)19(22-17)25-11-7-6-10-15(21)13-25/h3-5,8-10H,6-7,11-13,21H2,1-2H3. The van der Waals surface area contributed by atoms with Crippen LogP contribution >= 0.6 is 0 Å². The Balaban J connectivity index is 1.98. The van der Waals surface area contributed by atoms with E-state index in [0.717, 1.165) is 35.2 Å². The number of fused-ring (bicyclic) bond motifs is 1. The molecular formula is C20H24N6O2. The van der Waals surface area contributed by atoms with Gasteiger partial charge in [0.2, 0.25) is 5.95 Å². The molecule has 146 valence electrons. The minimum absolute atomic E-state index is 0.342. The molecule has 1 aromatic carbocycles. The number of allylic oxidation sites excluding steroid dienone is 1. The Morgan fingerprint density at radius 3 is 2.61 bits per heavy atom. The van der Waals surface area contributed by atoms with Crippen molar-refractivity contribution >= 4 is 17.1 Å². The van der Waals surface area contributed by atoms with Gasteiger partial charge in [-0.1, -0.05) is 36.4 Å². The number of aromatic nitrogens is 4. The number of nitrogens with two attached hydrogens (primary N) is 1. The van der Waals surface area contributed by atoms with Crippen molar-refractivity contribution in [3.05, 3.63) is 68.5 Å². The average Bonchev–Trinajstić information content (AvgIpc) is 2.93. The molecule has 0 fully saturated rings. The summed E-state index contributed by atoms with van der Waals surface area (Å²) in [6, 6.07) is 9.92. The summed E-state index contributed by atoms with van der Waals surface area (Å²) in [5.41, 5.74) is 8.06. The lowest BCUT2D eigenvalue weighted by atomic mass is 10.2. The van der Waals surface area contributed by atoms with Gasteiger partial charge in [-0.3, -0.25) is 18.5 Å². The molecule has 8 heteroatoms. The van der Waals surface area contributed by atoms with Gasteiger partial charge >= 0.3 is 5.69 Å². The van der Waals surface area contributed by atoms with Crippen molar-refractivity contribution in [2.24, 2.45) is 19.8 Å². The average molecular weight is 380 g/mol. The summed E-state index contributed by atoms with van der Waals surface area (Å²) in [5.74, 6) is 0.662. The third kappa shape index (κ3) is 3.00. The van der Waals surface area contributed by atoms with Gasteiger partial charge in [0.25, 0.3) is 5.56 Å². The second-order valence-corrected chi connectivity index (χ2v) is 7.20. The number of hydrogen-bond acceptors (Lipinski definition) is 5. The van der Waals surface area contributed by atoms with Crippen molar-refractivity contribution in [3.8, 4) is 0 Å². The van der Waals surface area contributed by atoms with Crippen LogP contribution in [0.2, 0.25) is 0 Å². The maximum absolute atomic E-state index is 13.0. The van der Waals surface area contributed by atoms with E-state index in [1.165, 1.54) is 11.6 Å². The molecule has 0 aliphatic carbocycles. The van der Waals surface area contributed by atoms with Gasteiger partial charge in [0.05, 0.1) is 13.1 Å². The summed E-state index contributed by atoms with van der Waals surface area (Å²) in [7, 11) is 3.14. The van der Waals surface area contributed by atoms with Gasteiger partial charge in [0.1, 0.15) is 0 Å². The van der Waals surface area contributed by atoms with Gasteiger partial charge in [-0.05, 0) is 18.4 Å². The molecule has 1 aliphatic heterocycles. The fourth-order valence-electron chi connectivity index (χ4n) is 3.70. The zero-order valence-corrected chi connectivity index (χ0v) is 16.1. The van der Waals surface area contributed by atoms with Gasteiger partial charge in [-0.15, -0.1) is 0 Å². The van der Waals surface area contributed by atoms with Gasteiger partial charge in [-0.2, -0.15) is 4.98 Å². The molecule has 1 aliphatic rings. The van der Waals surface area contributed by atoms with Crippen LogP contribution in [0.4, 0.5) is 5.95 Å². The maximum atomic E-state index is 13.0. The molecule has 0 radical (unpaired) electrons. The van der Waals surface area contributed by atoms with Gasteiger partial charge in [0, 0.05) is 26.3 Å². The maximum Gasteiger partial charge on any atom is 0.332 e. The van der Waals surface area contributed by atoms with Crippen LogP contribution in [0.5, 0.6) is 0 Å². The summed E-state index contributed by atoms with van der Waals surface area (Å²) in [5, 5.41) is 0. The van der Waals surface area contributed by atoms with Crippen LogP contribution < -0.4 is 21.9 Å². The van der Waals surface area contributed by atoms with E-state index in [9.17, 15) is 9.59 Å². The fourth-order valence-corrected chi connectivity index (χ4v) is 3.70. The van der Waals surface area contributed by atoms with Crippen LogP contribution in [-0.2, 0) is 20.6 Å². The Bertz CT molecular complexity index is 1170. The van der Waals surface area contributed by atoms with Gasteiger partial charge < -0.3 is 10.6 Å². The lowest BCUT2D eigenvalue weighted by Crippen LogP contribution is -2.37. The smallest absolute Gasteiger partial charge is 0.332 e. The van der Waals surface area contributed by atoms with E-state index in [4.69, 9.17) is 10.7 Å². The van der Waals surface area contributed by atoms with E-state index >= 15 is 0 Å². The van der Waals surface area contributed by atoms with Crippen LogP contribution in [0.1, 0.15) is 18.4 Å². The molecule has 0 unspecified atom stereocenters. The van der Waals surface area contributed by atoms with E-state index in [1.807, 2.05) is 41.0 Å². The predicted molar refractivity (Wildman–Crippen MR) is 109 cm³/mol. The highest BCUT2D eigenvalue weighted by Crippen LogP contribution is 2.23. The molecule has 2 N–H and O–H groups in total. The first-order chi connectivity index (χ1) is 13.5. The third-order valence-electron chi connectivity index (χ3n) is 5.21. The van der Waals surface area contributed by atoms with Crippen LogP contribution in [-0.4, -0.2) is 31.8 Å². The topological polar surface area (TPSA) is 91.1 Å². The summed E-state index contributed by atoms with van der Waals surface area (Å²) < 4.78 is 4.47. The summed E-state index contributed by atoms with van der Waals surface area (Å²) in [6.45, 7) is 1.82. The minimum Gasteiger partial charge on any atom is -0.401 e. The van der Waals surface area contributed by atoms with Gasteiger partial charge in [-0.25, -0.2) is 4.79 Å². The predicted octanol–water partition coefficient (Wildman–Crippen LogP) is 0.925. The van der Waals surface area contributed by atoms with E-state index in [-0.39, 0.29) is 11.2 Å². The van der Waals surface area contributed by atoms with Crippen molar-refractivity contribution in [3.63, 3.8) is 0 Å². The molecule has 0 spiro atoms. The number of nitrogens with zero attached hydrogens (tertiary/aromatic N) is 5. The molecule has 0 saturated carbocycles. The van der Waals surface area contributed by atoms with Crippen molar-refractivity contribution in [1.29, 1.82) is 0 Å². The van der Waals surface area contributed by atoms with E-state index < -0.39 is 0 Å². The Labute approximate surface area is 162 Å². The van der Waals surface area contributed by atoms with Crippen molar-refractivity contribution < 1.29 is 0 Å². The number of rotatable bonds is 3. The molecule has 0 saturated heterocycles. The molecule has 3 heterocycles. The van der Waals surface area contributed by atoms with Gasteiger partial charge in [0.15, 0.2) is 11.2 Å². The normalized spacial score (nSPS) is 14.9. The second kappa shape index (κ2) is 7.03.